The van der Waals surface area contributed by atoms with Crippen LogP contribution in [0.25, 0.3) is 0 Å². The third-order valence-electron chi connectivity index (χ3n) is 14.0. The Morgan fingerprint density at radius 1 is 0.403 bits per heavy atom. The number of hydrogen-bond donors (Lipinski definition) is 3. The van der Waals surface area contributed by atoms with E-state index in [4.69, 9.17) is 4.74 Å². The summed E-state index contributed by atoms with van der Waals surface area (Å²) in [5.74, 6) is -0.0551. The number of unbranched alkanes of at least 4 members (excludes halogenated alkanes) is 43. The Balaban J connectivity index is 3.36. The molecule has 0 aliphatic carbocycles. The first-order valence-corrected chi connectivity index (χ1v) is 30.1. The number of carbonyl (C=O) groups excluding carboxylic acids is 2. The minimum atomic E-state index is -0.843. The molecule has 6 heteroatoms. The monoisotopic (exact) mass is 944 g/mol. The van der Waals surface area contributed by atoms with Crippen LogP contribution in [0.5, 0.6) is 0 Å². The van der Waals surface area contributed by atoms with Crippen molar-refractivity contribution in [2.45, 2.75) is 341 Å². The summed E-state index contributed by atoms with van der Waals surface area (Å²) < 4.78 is 5.49. The number of aliphatic hydroxyl groups is 2. The minimum absolute atomic E-state index is 0.0168. The summed E-state index contributed by atoms with van der Waals surface area (Å²) in [6.45, 7) is 4.89. The number of rotatable bonds is 56. The molecular weight excluding hydrogens is 827 g/mol. The number of allylic oxidation sites excluding steroid dienone is 3. The first kappa shape index (κ1) is 65.3. The highest BCUT2D eigenvalue weighted by Crippen LogP contribution is 2.17. The van der Waals surface area contributed by atoms with Crippen molar-refractivity contribution in [2.24, 2.45) is 0 Å². The van der Waals surface area contributed by atoms with Crippen LogP contribution < -0.4 is 5.32 Å². The van der Waals surface area contributed by atoms with Crippen molar-refractivity contribution < 1.29 is 24.5 Å². The van der Waals surface area contributed by atoms with E-state index in [-0.39, 0.29) is 18.5 Å². The van der Waals surface area contributed by atoms with E-state index in [0.29, 0.717) is 19.4 Å². The molecule has 0 aromatic carbocycles. The maximum atomic E-state index is 12.4. The molecule has 6 nitrogen and oxygen atoms in total. The molecule has 0 fully saturated rings. The smallest absolute Gasteiger partial charge is 0.305 e. The summed E-state index contributed by atoms with van der Waals surface area (Å²) in [6.07, 6.45) is 69.4. The number of ether oxygens (including phenoxy) is 1. The number of esters is 1. The second-order valence-corrected chi connectivity index (χ2v) is 20.7. The molecule has 0 spiro atoms. The average Bonchev–Trinajstić information content (AvgIpc) is 3.33. The molecule has 0 aromatic heterocycles. The third kappa shape index (κ3) is 53.5. The summed E-state index contributed by atoms with van der Waals surface area (Å²) >= 11 is 0. The first-order chi connectivity index (χ1) is 33.0. The molecular formula is C61H117NO5. The van der Waals surface area contributed by atoms with Crippen molar-refractivity contribution in [1.29, 1.82) is 0 Å². The van der Waals surface area contributed by atoms with Crippen LogP contribution in [0.15, 0.2) is 24.3 Å². The predicted molar refractivity (Wildman–Crippen MR) is 292 cm³/mol. The van der Waals surface area contributed by atoms with Gasteiger partial charge in [0.1, 0.15) is 0 Å². The summed E-state index contributed by atoms with van der Waals surface area (Å²) in [6, 6.07) is -0.626. The van der Waals surface area contributed by atoms with Crippen LogP contribution in [0.4, 0.5) is 0 Å². The molecule has 67 heavy (non-hydrogen) atoms. The average molecular weight is 945 g/mol. The molecule has 396 valence electrons. The standard InChI is InChI=1S/C61H117NO5/c1-3-5-7-9-11-13-14-15-28-32-35-39-43-47-51-55-61(66)67-56-52-48-44-40-36-33-30-27-25-23-21-19-17-16-18-20-22-24-26-29-31-34-38-42-46-50-54-60(65)62-58(57-63)59(64)53-49-45-41-37-12-10-8-6-4-2/h16,18,49,53,58-59,63-64H,3-15,17,19-48,50-52,54-57H2,1-2H3,(H,62,65)/b18-16-,53-49+. The van der Waals surface area contributed by atoms with E-state index in [9.17, 15) is 19.8 Å². The predicted octanol–water partition coefficient (Wildman–Crippen LogP) is 18.6. The van der Waals surface area contributed by atoms with Gasteiger partial charge in [0.2, 0.25) is 5.91 Å². The van der Waals surface area contributed by atoms with Crippen LogP contribution in [0.2, 0.25) is 0 Å². The Morgan fingerprint density at radius 3 is 1.06 bits per heavy atom. The van der Waals surface area contributed by atoms with Crippen molar-refractivity contribution in [3.05, 3.63) is 24.3 Å². The number of carbonyl (C=O) groups is 2. The molecule has 0 saturated heterocycles. The quantitative estimate of drug-likeness (QED) is 0.0321. The van der Waals surface area contributed by atoms with E-state index >= 15 is 0 Å². The molecule has 1 amide bonds. The van der Waals surface area contributed by atoms with Crippen molar-refractivity contribution in [3.8, 4) is 0 Å². The van der Waals surface area contributed by atoms with Gasteiger partial charge in [-0.05, 0) is 57.8 Å². The topological polar surface area (TPSA) is 95.9 Å². The maximum absolute atomic E-state index is 12.4. The highest BCUT2D eigenvalue weighted by atomic mass is 16.5. The second kappa shape index (κ2) is 56.9. The highest BCUT2D eigenvalue weighted by molar-refractivity contribution is 5.76. The van der Waals surface area contributed by atoms with E-state index in [1.54, 1.807) is 6.08 Å². The molecule has 0 aliphatic heterocycles. The molecule has 2 atom stereocenters. The molecule has 0 radical (unpaired) electrons. The summed E-state index contributed by atoms with van der Waals surface area (Å²) in [4.78, 5) is 24.4. The Morgan fingerprint density at radius 2 is 0.701 bits per heavy atom. The van der Waals surface area contributed by atoms with Crippen molar-refractivity contribution in [3.63, 3.8) is 0 Å². The van der Waals surface area contributed by atoms with Crippen LogP contribution in [-0.2, 0) is 14.3 Å². The molecule has 3 N–H and O–H groups in total. The summed E-state index contributed by atoms with van der Waals surface area (Å²) in [7, 11) is 0. The zero-order chi connectivity index (χ0) is 48.6. The van der Waals surface area contributed by atoms with Gasteiger partial charge in [0, 0.05) is 12.8 Å². The van der Waals surface area contributed by atoms with Gasteiger partial charge in [0.05, 0.1) is 25.4 Å². The van der Waals surface area contributed by atoms with Gasteiger partial charge in [-0.15, -0.1) is 0 Å². The number of hydrogen-bond acceptors (Lipinski definition) is 5. The SMILES string of the molecule is CCCCCCCCC/C=C/C(O)C(CO)NC(=O)CCCCCCCCCCCC/C=C\CCCCCCCCCCCCCCOC(=O)CCCCCCCCCCCCCCCCC. The van der Waals surface area contributed by atoms with Crippen LogP contribution >= 0.6 is 0 Å². The fourth-order valence-corrected chi connectivity index (χ4v) is 9.34. The van der Waals surface area contributed by atoms with Crippen LogP contribution in [-0.4, -0.2) is 47.4 Å². The van der Waals surface area contributed by atoms with Crippen molar-refractivity contribution >= 4 is 11.9 Å². The van der Waals surface area contributed by atoms with E-state index in [0.717, 1.165) is 38.5 Å². The minimum Gasteiger partial charge on any atom is -0.466 e. The molecule has 0 aromatic rings. The van der Waals surface area contributed by atoms with Crippen LogP contribution in [0, 0.1) is 0 Å². The lowest BCUT2D eigenvalue weighted by Crippen LogP contribution is -2.45. The molecule has 0 aliphatic rings. The van der Waals surface area contributed by atoms with Gasteiger partial charge in [-0.1, -0.05) is 282 Å². The van der Waals surface area contributed by atoms with Gasteiger partial charge in [0.25, 0.3) is 0 Å². The van der Waals surface area contributed by atoms with Crippen LogP contribution in [0.1, 0.15) is 328 Å². The number of aliphatic hydroxyl groups excluding tert-OH is 2. The van der Waals surface area contributed by atoms with E-state index in [2.05, 4.69) is 31.3 Å². The second-order valence-electron chi connectivity index (χ2n) is 20.7. The van der Waals surface area contributed by atoms with Gasteiger partial charge in [-0.2, -0.15) is 0 Å². The lowest BCUT2D eigenvalue weighted by atomic mass is 10.0. The molecule has 0 rings (SSSR count). The summed E-state index contributed by atoms with van der Waals surface area (Å²) in [5.41, 5.74) is 0. The fourth-order valence-electron chi connectivity index (χ4n) is 9.34. The lowest BCUT2D eigenvalue weighted by Gasteiger charge is -2.20. The molecule has 0 bridgehead atoms. The molecule has 0 saturated carbocycles. The van der Waals surface area contributed by atoms with Crippen molar-refractivity contribution in [2.75, 3.05) is 13.2 Å². The molecule has 2 unspecified atom stereocenters. The van der Waals surface area contributed by atoms with E-state index < -0.39 is 12.1 Å². The zero-order valence-electron chi connectivity index (χ0n) is 45.1. The Labute approximate surface area is 418 Å². The van der Waals surface area contributed by atoms with E-state index in [1.165, 1.54) is 263 Å². The Kier molecular flexibility index (Phi) is 55.5. The van der Waals surface area contributed by atoms with Gasteiger partial charge in [0.15, 0.2) is 0 Å². The van der Waals surface area contributed by atoms with Crippen molar-refractivity contribution in [1.82, 2.24) is 5.32 Å². The van der Waals surface area contributed by atoms with Gasteiger partial charge < -0.3 is 20.3 Å². The van der Waals surface area contributed by atoms with Gasteiger partial charge in [-0.25, -0.2) is 0 Å². The number of amides is 1. The Hall–Kier alpha value is -1.66. The first-order valence-electron chi connectivity index (χ1n) is 30.1. The van der Waals surface area contributed by atoms with Gasteiger partial charge >= 0.3 is 5.97 Å². The largest absolute Gasteiger partial charge is 0.466 e. The summed E-state index contributed by atoms with van der Waals surface area (Å²) in [5, 5.41) is 22.9. The van der Waals surface area contributed by atoms with E-state index in [1.807, 2.05) is 6.08 Å². The number of nitrogens with one attached hydrogen (secondary N) is 1. The Bertz CT molecular complexity index is 1040. The van der Waals surface area contributed by atoms with Gasteiger partial charge in [-0.3, -0.25) is 9.59 Å². The maximum Gasteiger partial charge on any atom is 0.305 e. The van der Waals surface area contributed by atoms with Crippen LogP contribution in [0.3, 0.4) is 0 Å². The fraction of sp³-hybridized carbons (Fsp3) is 0.902. The normalized spacial score (nSPS) is 12.7. The third-order valence-corrected chi connectivity index (χ3v) is 14.0. The highest BCUT2D eigenvalue weighted by Gasteiger charge is 2.18. The molecule has 0 heterocycles. The lowest BCUT2D eigenvalue weighted by molar-refractivity contribution is -0.143. The zero-order valence-corrected chi connectivity index (χ0v) is 45.1.